The quantitative estimate of drug-likeness (QED) is 0.802. The lowest BCUT2D eigenvalue weighted by atomic mass is 10.1. The van der Waals surface area contributed by atoms with E-state index >= 15 is 0 Å². The minimum absolute atomic E-state index is 0.0418. The molecule has 18 heavy (non-hydrogen) atoms. The zero-order valence-corrected chi connectivity index (χ0v) is 10.5. The number of methoxy groups -OCH3 is 1. The van der Waals surface area contributed by atoms with Gasteiger partial charge in [-0.15, -0.1) is 0 Å². The van der Waals surface area contributed by atoms with Crippen LogP contribution in [-0.4, -0.2) is 18.1 Å². The molecule has 0 unspecified atom stereocenters. The van der Waals surface area contributed by atoms with Gasteiger partial charge in [-0.2, -0.15) is 0 Å². The van der Waals surface area contributed by atoms with Crippen molar-refractivity contribution in [2.75, 3.05) is 7.11 Å². The smallest absolute Gasteiger partial charge is 0.305 e. The van der Waals surface area contributed by atoms with Crippen LogP contribution >= 0.6 is 11.6 Å². The van der Waals surface area contributed by atoms with Crippen molar-refractivity contribution in [3.8, 4) is 0 Å². The highest BCUT2D eigenvalue weighted by molar-refractivity contribution is 6.31. The topological polar surface area (TPSA) is 39.2 Å². The van der Waals surface area contributed by atoms with Gasteiger partial charge >= 0.3 is 5.97 Å². The van der Waals surface area contributed by atoms with Crippen LogP contribution in [0, 0.1) is 5.82 Å². The predicted molar refractivity (Wildman–Crippen MR) is 67.0 cm³/mol. The van der Waals surface area contributed by atoms with Crippen molar-refractivity contribution >= 4 is 28.5 Å². The van der Waals surface area contributed by atoms with Crippen molar-refractivity contribution in [1.82, 2.24) is 4.98 Å². The number of nitrogens with zero attached hydrogens (tertiary/aromatic N) is 1. The van der Waals surface area contributed by atoms with Gasteiger partial charge in [0.25, 0.3) is 0 Å². The molecule has 0 aliphatic heterocycles. The maximum atomic E-state index is 13.2. The van der Waals surface area contributed by atoms with Gasteiger partial charge in [-0.25, -0.2) is 4.39 Å². The average Bonchev–Trinajstić information content (AvgIpc) is 2.37. The van der Waals surface area contributed by atoms with Crippen LogP contribution in [0.1, 0.15) is 12.1 Å². The number of rotatable bonds is 3. The molecule has 0 bridgehead atoms. The van der Waals surface area contributed by atoms with Gasteiger partial charge in [-0.05, 0) is 18.2 Å². The SMILES string of the molecule is COC(=O)CCc1ccc2cc(F)c(Cl)cc2n1. The third-order valence-electron chi connectivity index (χ3n) is 2.60. The maximum Gasteiger partial charge on any atom is 0.305 e. The first-order valence-corrected chi connectivity index (χ1v) is 5.79. The molecule has 0 aliphatic carbocycles. The monoisotopic (exact) mass is 267 g/mol. The second kappa shape index (κ2) is 5.31. The molecule has 1 heterocycles. The number of ether oxygens (including phenoxy) is 1. The Balaban J connectivity index is 2.27. The Morgan fingerprint density at radius 3 is 2.94 bits per heavy atom. The van der Waals surface area contributed by atoms with Crippen molar-refractivity contribution in [3.63, 3.8) is 0 Å². The molecular weight excluding hydrogens is 257 g/mol. The summed E-state index contributed by atoms with van der Waals surface area (Å²) in [6, 6.07) is 6.34. The number of pyridine rings is 1. The molecule has 5 heteroatoms. The molecule has 0 fully saturated rings. The normalized spacial score (nSPS) is 10.6. The zero-order valence-electron chi connectivity index (χ0n) is 9.74. The molecule has 2 aromatic rings. The third-order valence-corrected chi connectivity index (χ3v) is 2.89. The van der Waals surface area contributed by atoms with Crippen LogP contribution in [0.2, 0.25) is 5.02 Å². The van der Waals surface area contributed by atoms with E-state index in [1.54, 1.807) is 12.1 Å². The molecular formula is C13H11ClFNO2. The van der Waals surface area contributed by atoms with E-state index in [1.165, 1.54) is 19.2 Å². The van der Waals surface area contributed by atoms with Gasteiger partial charge in [0.15, 0.2) is 0 Å². The number of esters is 1. The Labute approximate surface area is 109 Å². The van der Waals surface area contributed by atoms with E-state index in [4.69, 9.17) is 11.6 Å². The Morgan fingerprint density at radius 2 is 2.22 bits per heavy atom. The number of carbonyl (C=O) groups excluding carboxylic acids is 1. The van der Waals surface area contributed by atoms with E-state index in [9.17, 15) is 9.18 Å². The van der Waals surface area contributed by atoms with Crippen molar-refractivity contribution in [1.29, 1.82) is 0 Å². The number of fused-ring (bicyclic) bond motifs is 1. The number of halogens is 2. The fraction of sp³-hybridized carbons (Fsp3) is 0.231. The molecule has 0 saturated heterocycles. The summed E-state index contributed by atoms with van der Waals surface area (Å²) in [5.41, 5.74) is 1.36. The molecule has 3 nitrogen and oxygen atoms in total. The molecule has 1 aromatic carbocycles. The predicted octanol–water partition coefficient (Wildman–Crippen LogP) is 3.13. The second-order valence-corrected chi connectivity index (χ2v) is 4.24. The Hall–Kier alpha value is -1.68. The summed E-state index contributed by atoms with van der Waals surface area (Å²) in [4.78, 5) is 15.4. The highest BCUT2D eigenvalue weighted by Gasteiger charge is 2.06. The van der Waals surface area contributed by atoms with E-state index < -0.39 is 5.82 Å². The van der Waals surface area contributed by atoms with Crippen LogP contribution in [0.25, 0.3) is 10.9 Å². The zero-order chi connectivity index (χ0) is 13.1. The van der Waals surface area contributed by atoms with Gasteiger partial charge in [-0.1, -0.05) is 17.7 Å². The lowest BCUT2D eigenvalue weighted by molar-refractivity contribution is -0.140. The van der Waals surface area contributed by atoms with Gasteiger partial charge in [-0.3, -0.25) is 9.78 Å². The van der Waals surface area contributed by atoms with E-state index in [-0.39, 0.29) is 17.4 Å². The summed E-state index contributed by atoms with van der Waals surface area (Å²) in [6.45, 7) is 0. The van der Waals surface area contributed by atoms with Crippen molar-refractivity contribution in [2.24, 2.45) is 0 Å². The van der Waals surface area contributed by atoms with Gasteiger partial charge in [0.1, 0.15) is 5.82 Å². The fourth-order valence-electron chi connectivity index (χ4n) is 1.63. The number of hydrogen-bond donors (Lipinski definition) is 0. The third kappa shape index (κ3) is 2.76. The van der Waals surface area contributed by atoms with Crippen molar-refractivity contribution in [3.05, 3.63) is 40.8 Å². The second-order valence-electron chi connectivity index (χ2n) is 3.84. The van der Waals surface area contributed by atoms with Gasteiger partial charge in [0.05, 0.1) is 24.1 Å². The molecule has 0 amide bonds. The Bertz CT molecular complexity index is 601. The van der Waals surface area contributed by atoms with E-state index in [1.807, 2.05) is 0 Å². The van der Waals surface area contributed by atoms with Crippen LogP contribution in [-0.2, 0) is 16.0 Å². The molecule has 1 aromatic heterocycles. The van der Waals surface area contributed by atoms with Gasteiger partial charge < -0.3 is 4.74 Å². The highest BCUT2D eigenvalue weighted by atomic mass is 35.5. The molecule has 0 radical (unpaired) electrons. The summed E-state index contributed by atoms with van der Waals surface area (Å²) in [7, 11) is 1.35. The minimum atomic E-state index is -0.465. The lowest BCUT2D eigenvalue weighted by Gasteiger charge is -2.03. The standard InChI is InChI=1S/C13H11ClFNO2/c1-18-13(17)5-4-9-3-2-8-6-11(15)10(14)7-12(8)16-9/h2-3,6-7H,4-5H2,1H3. The molecule has 0 saturated carbocycles. The molecule has 0 atom stereocenters. The van der Waals surface area contributed by atoms with E-state index in [2.05, 4.69) is 9.72 Å². The van der Waals surface area contributed by atoms with Gasteiger partial charge in [0.2, 0.25) is 0 Å². The molecule has 0 N–H and O–H groups in total. The average molecular weight is 268 g/mol. The summed E-state index contributed by atoms with van der Waals surface area (Å²) in [5.74, 6) is -0.748. The first-order chi connectivity index (χ1) is 8.60. The van der Waals surface area contributed by atoms with E-state index in [0.717, 1.165) is 5.69 Å². The summed E-state index contributed by atoms with van der Waals surface area (Å²) in [6.07, 6.45) is 0.752. The molecule has 2 rings (SSSR count). The van der Waals surface area contributed by atoms with E-state index in [0.29, 0.717) is 17.3 Å². The van der Waals surface area contributed by atoms with Crippen molar-refractivity contribution in [2.45, 2.75) is 12.8 Å². The van der Waals surface area contributed by atoms with Crippen LogP contribution in [0.15, 0.2) is 24.3 Å². The van der Waals surface area contributed by atoms with Crippen LogP contribution in [0.5, 0.6) is 0 Å². The first kappa shape index (κ1) is 12.8. The number of benzene rings is 1. The van der Waals surface area contributed by atoms with Crippen molar-refractivity contribution < 1.29 is 13.9 Å². The Morgan fingerprint density at radius 1 is 1.44 bits per heavy atom. The maximum absolute atomic E-state index is 13.2. The number of aromatic nitrogens is 1. The molecule has 0 spiro atoms. The molecule has 0 aliphatic rings. The van der Waals surface area contributed by atoms with Gasteiger partial charge in [0, 0.05) is 17.5 Å². The number of hydrogen-bond acceptors (Lipinski definition) is 3. The first-order valence-electron chi connectivity index (χ1n) is 5.41. The fourth-order valence-corrected chi connectivity index (χ4v) is 1.79. The Kier molecular flexibility index (Phi) is 3.77. The largest absolute Gasteiger partial charge is 0.469 e. The highest BCUT2D eigenvalue weighted by Crippen LogP contribution is 2.22. The minimum Gasteiger partial charge on any atom is -0.469 e. The lowest BCUT2D eigenvalue weighted by Crippen LogP contribution is -2.03. The summed E-state index contributed by atoms with van der Waals surface area (Å²) in [5, 5.41) is 0.721. The van der Waals surface area contributed by atoms with Crippen LogP contribution in [0.3, 0.4) is 0 Å². The number of aryl methyl sites for hydroxylation is 1. The summed E-state index contributed by atoms with van der Waals surface area (Å²) < 4.78 is 17.8. The van der Waals surface area contributed by atoms with Crippen LogP contribution < -0.4 is 0 Å². The molecule has 94 valence electrons. The summed E-state index contributed by atoms with van der Waals surface area (Å²) >= 11 is 5.70. The van der Waals surface area contributed by atoms with Crippen LogP contribution in [0.4, 0.5) is 4.39 Å². The number of carbonyl (C=O) groups is 1.